The lowest BCUT2D eigenvalue weighted by atomic mass is 9.43. The number of hydrogen-bond acceptors (Lipinski definition) is 3. The van der Waals surface area contributed by atoms with Gasteiger partial charge in [0.1, 0.15) is 11.8 Å². The second-order valence-corrected chi connectivity index (χ2v) is 10.0. The predicted octanol–water partition coefficient (Wildman–Crippen LogP) is 3.24. The van der Waals surface area contributed by atoms with E-state index in [2.05, 4.69) is 25.1 Å². The smallest absolute Gasteiger partial charge is 0.132 e. The van der Waals surface area contributed by atoms with Gasteiger partial charge in [-0.1, -0.05) is 19.8 Å². The standard InChI is InChI=1S/C21H30ClFO3/c1-19-6-5-15(24)18(23)14(19)11-16(25)17-12(19)3-7-20(2)13(17)4-8-21(20,26)9-10-22/h12-18,24-26H,3-8,11H2,1-2H3/t12-,13-,14?,15+,16-,17+,18-,19+,20-,21+/m0/s1. The molecule has 0 saturated heterocycles. The van der Waals surface area contributed by atoms with Crippen molar-refractivity contribution in [3.8, 4) is 11.3 Å². The van der Waals surface area contributed by atoms with Crippen LogP contribution in [-0.2, 0) is 0 Å². The van der Waals surface area contributed by atoms with Crippen LogP contribution in [0.2, 0.25) is 0 Å². The van der Waals surface area contributed by atoms with Gasteiger partial charge < -0.3 is 15.3 Å². The molecule has 4 aliphatic carbocycles. The number of fused-ring (bicyclic) bond motifs is 5. The van der Waals surface area contributed by atoms with Crippen LogP contribution in [0.5, 0.6) is 0 Å². The van der Waals surface area contributed by atoms with Gasteiger partial charge >= 0.3 is 0 Å². The van der Waals surface area contributed by atoms with Gasteiger partial charge in [0.15, 0.2) is 0 Å². The van der Waals surface area contributed by atoms with Crippen molar-refractivity contribution in [2.45, 2.75) is 82.8 Å². The van der Waals surface area contributed by atoms with Crippen molar-refractivity contribution in [3.63, 3.8) is 0 Å². The van der Waals surface area contributed by atoms with Gasteiger partial charge in [0.25, 0.3) is 0 Å². The van der Waals surface area contributed by atoms with E-state index in [1.807, 2.05) is 0 Å². The van der Waals surface area contributed by atoms with Crippen molar-refractivity contribution in [2.75, 3.05) is 0 Å². The monoisotopic (exact) mass is 384 g/mol. The number of alkyl halides is 1. The summed E-state index contributed by atoms with van der Waals surface area (Å²) < 4.78 is 14.8. The minimum absolute atomic E-state index is 0.0589. The Balaban J connectivity index is 1.70. The molecule has 146 valence electrons. The van der Waals surface area contributed by atoms with E-state index in [4.69, 9.17) is 11.6 Å². The van der Waals surface area contributed by atoms with Gasteiger partial charge in [-0.3, -0.25) is 0 Å². The fourth-order valence-corrected chi connectivity index (χ4v) is 7.67. The van der Waals surface area contributed by atoms with Gasteiger partial charge in [0, 0.05) is 16.7 Å². The Morgan fingerprint density at radius 1 is 0.962 bits per heavy atom. The molecule has 4 rings (SSSR count). The average molecular weight is 385 g/mol. The summed E-state index contributed by atoms with van der Waals surface area (Å²) in [6, 6.07) is 0. The third-order valence-corrected chi connectivity index (χ3v) is 9.20. The van der Waals surface area contributed by atoms with E-state index in [1.165, 1.54) is 0 Å². The molecule has 0 aromatic heterocycles. The molecular formula is C21H30ClFO3. The van der Waals surface area contributed by atoms with Crippen molar-refractivity contribution < 1.29 is 19.7 Å². The molecule has 0 radical (unpaired) electrons. The van der Waals surface area contributed by atoms with Gasteiger partial charge in [-0.2, -0.15) is 0 Å². The highest BCUT2D eigenvalue weighted by atomic mass is 35.5. The maximum absolute atomic E-state index is 14.8. The number of rotatable bonds is 0. The fraction of sp³-hybridized carbons (Fsp3) is 0.905. The predicted molar refractivity (Wildman–Crippen MR) is 98.0 cm³/mol. The molecule has 0 spiro atoms. The molecule has 4 aliphatic rings. The van der Waals surface area contributed by atoms with E-state index in [9.17, 15) is 19.7 Å². The second kappa shape index (κ2) is 6.08. The summed E-state index contributed by atoms with van der Waals surface area (Å²) in [6.07, 6.45) is 2.04. The Kier molecular flexibility index (Phi) is 4.44. The highest BCUT2D eigenvalue weighted by molar-refractivity contribution is 6.30. The molecule has 1 unspecified atom stereocenters. The third-order valence-electron chi connectivity index (χ3n) is 9.10. The quantitative estimate of drug-likeness (QED) is 0.562. The Morgan fingerprint density at radius 3 is 2.35 bits per heavy atom. The van der Waals surface area contributed by atoms with E-state index in [0.717, 1.165) is 25.7 Å². The Bertz CT molecular complexity index is 647. The SMILES string of the molecule is C[C@]12CC[C@@H](O)[C@@H](F)C1C[C@H](O)[C@@H]1[C@@H]2CC[C@@]2(C)[C@H]1CC[C@@]2(O)C#CCl. The molecule has 4 fully saturated rings. The lowest BCUT2D eigenvalue weighted by Gasteiger charge is -2.62. The van der Waals surface area contributed by atoms with Crippen LogP contribution in [0.1, 0.15) is 58.8 Å². The molecule has 3 N–H and O–H groups in total. The number of hydrogen-bond donors (Lipinski definition) is 3. The molecule has 0 bridgehead atoms. The highest BCUT2D eigenvalue weighted by Gasteiger charge is 2.67. The summed E-state index contributed by atoms with van der Waals surface area (Å²) in [5, 5.41) is 34.6. The molecule has 26 heavy (non-hydrogen) atoms. The summed E-state index contributed by atoms with van der Waals surface area (Å²) in [4.78, 5) is 0. The highest BCUT2D eigenvalue weighted by Crippen LogP contribution is 2.68. The summed E-state index contributed by atoms with van der Waals surface area (Å²) in [5.41, 5.74) is -1.68. The zero-order valence-electron chi connectivity index (χ0n) is 15.6. The van der Waals surface area contributed by atoms with Crippen LogP contribution in [0.25, 0.3) is 0 Å². The van der Waals surface area contributed by atoms with Gasteiger partial charge in [0.2, 0.25) is 0 Å². The number of aliphatic hydroxyl groups excluding tert-OH is 2. The molecule has 0 amide bonds. The van der Waals surface area contributed by atoms with Gasteiger partial charge in [0.05, 0.1) is 12.2 Å². The minimum Gasteiger partial charge on any atom is -0.393 e. The minimum atomic E-state index is -1.25. The van der Waals surface area contributed by atoms with Gasteiger partial charge in [-0.15, -0.1) is 0 Å². The van der Waals surface area contributed by atoms with Crippen LogP contribution in [0.4, 0.5) is 4.39 Å². The number of aliphatic hydroxyl groups is 3. The van der Waals surface area contributed by atoms with Crippen LogP contribution >= 0.6 is 11.6 Å². The summed E-state index contributed by atoms with van der Waals surface area (Å²) in [7, 11) is 0. The van der Waals surface area contributed by atoms with Gasteiger partial charge in [-0.05, 0) is 79.7 Å². The van der Waals surface area contributed by atoms with E-state index < -0.39 is 24.0 Å². The summed E-state index contributed by atoms with van der Waals surface area (Å²) in [6.45, 7) is 4.26. The molecule has 4 saturated carbocycles. The maximum atomic E-state index is 14.8. The van der Waals surface area contributed by atoms with Crippen molar-refractivity contribution in [3.05, 3.63) is 0 Å². The maximum Gasteiger partial charge on any atom is 0.132 e. The van der Waals surface area contributed by atoms with Gasteiger partial charge in [-0.25, -0.2) is 4.39 Å². The average Bonchev–Trinajstić information content (AvgIpc) is 2.85. The lowest BCUT2D eigenvalue weighted by Crippen LogP contribution is -2.62. The third kappa shape index (κ3) is 2.30. The first-order valence-corrected chi connectivity index (χ1v) is 10.4. The zero-order valence-corrected chi connectivity index (χ0v) is 16.3. The van der Waals surface area contributed by atoms with Crippen LogP contribution in [0.3, 0.4) is 0 Å². The molecule has 3 nitrogen and oxygen atoms in total. The summed E-state index contributed by atoms with van der Waals surface area (Å²) >= 11 is 5.64. The van der Waals surface area contributed by atoms with E-state index >= 15 is 0 Å². The molecule has 0 aromatic rings. The Morgan fingerprint density at radius 2 is 1.65 bits per heavy atom. The first kappa shape index (κ1) is 19.0. The van der Waals surface area contributed by atoms with Crippen molar-refractivity contribution in [2.24, 2.45) is 34.5 Å². The van der Waals surface area contributed by atoms with E-state index in [-0.39, 0.29) is 34.5 Å². The van der Waals surface area contributed by atoms with Crippen molar-refractivity contribution in [1.82, 2.24) is 0 Å². The van der Waals surface area contributed by atoms with E-state index in [1.54, 1.807) is 0 Å². The van der Waals surface area contributed by atoms with Crippen LogP contribution in [0, 0.1) is 45.8 Å². The van der Waals surface area contributed by atoms with Crippen LogP contribution in [-0.4, -0.2) is 39.3 Å². The Hall–Kier alpha value is -0.340. The fourth-order valence-electron chi connectivity index (χ4n) is 7.51. The molecule has 0 aliphatic heterocycles. The molecular weight excluding hydrogens is 355 g/mol. The molecule has 10 atom stereocenters. The normalized spacial score (nSPS) is 58.8. The van der Waals surface area contributed by atoms with Crippen LogP contribution in [0.15, 0.2) is 0 Å². The largest absolute Gasteiger partial charge is 0.393 e. The second-order valence-electron chi connectivity index (χ2n) is 9.83. The summed E-state index contributed by atoms with van der Waals surface area (Å²) in [5.74, 6) is 3.02. The van der Waals surface area contributed by atoms with Crippen LogP contribution < -0.4 is 0 Å². The molecule has 0 heterocycles. The van der Waals surface area contributed by atoms with E-state index in [0.29, 0.717) is 19.3 Å². The molecule has 0 aromatic carbocycles. The Labute approximate surface area is 160 Å². The first-order chi connectivity index (χ1) is 12.2. The first-order valence-electron chi connectivity index (χ1n) is 10.0. The lowest BCUT2D eigenvalue weighted by molar-refractivity contribution is -0.200. The van der Waals surface area contributed by atoms with Crippen molar-refractivity contribution in [1.29, 1.82) is 0 Å². The van der Waals surface area contributed by atoms with Crippen molar-refractivity contribution >= 4 is 11.6 Å². The molecule has 5 heteroatoms. The number of halogens is 2. The zero-order chi connectivity index (χ0) is 18.9. The topological polar surface area (TPSA) is 60.7 Å².